The van der Waals surface area contributed by atoms with Crippen LogP contribution in [0.1, 0.15) is 23.1 Å². The highest BCUT2D eigenvalue weighted by Gasteiger charge is 2.57. The third kappa shape index (κ3) is 3.10. The fourth-order valence-electron chi connectivity index (χ4n) is 5.23. The first kappa shape index (κ1) is 20.2. The highest BCUT2D eigenvalue weighted by atomic mass is 19.2. The van der Waals surface area contributed by atoms with Crippen LogP contribution in [-0.4, -0.2) is 31.6 Å². The summed E-state index contributed by atoms with van der Waals surface area (Å²) in [5, 5.41) is 6.86. The van der Waals surface area contributed by atoms with Crippen LogP contribution in [0.3, 0.4) is 0 Å². The molecular weight excluding hydrogens is 424 g/mol. The predicted octanol–water partition coefficient (Wildman–Crippen LogP) is 3.96. The van der Waals surface area contributed by atoms with Gasteiger partial charge in [-0.25, -0.2) is 8.78 Å². The monoisotopic (exact) mass is 447 g/mol. The fraction of sp³-hybridized carbons (Fsp3) is 0.269. The van der Waals surface area contributed by atoms with E-state index in [9.17, 15) is 13.6 Å². The molecule has 7 heteroatoms. The van der Waals surface area contributed by atoms with E-state index in [1.54, 1.807) is 4.90 Å². The Bertz CT molecular complexity index is 1240. The molecule has 1 spiro atoms. The number of fused-ring (bicyclic) bond motifs is 4. The van der Waals surface area contributed by atoms with Crippen LogP contribution >= 0.6 is 0 Å². The smallest absolute Gasteiger partial charge is 0.246 e. The largest absolute Gasteiger partial charge is 0.491 e. The van der Waals surface area contributed by atoms with Crippen LogP contribution in [0.15, 0.2) is 60.7 Å². The van der Waals surface area contributed by atoms with E-state index in [0.717, 1.165) is 54.1 Å². The zero-order valence-electron chi connectivity index (χ0n) is 17.9. The molecule has 2 N–H and O–H groups in total. The zero-order chi connectivity index (χ0) is 22.6. The number of carbonyl (C=O) groups is 1. The first-order chi connectivity index (χ1) is 16.1. The molecule has 2 atom stereocenters. The van der Waals surface area contributed by atoms with Crippen molar-refractivity contribution in [3.05, 3.63) is 89.0 Å². The maximum Gasteiger partial charge on any atom is 0.246 e. The quantitative estimate of drug-likeness (QED) is 0.636. The van der Waals surface area contributed by atoms with Gasteiger partial charge in [-0.15, -0.1) is 0 Å². The summed E-state index contributed by atoms with van der Waals surface area (Å²) < 4.78 is 33.7. The minimum absolute atomic E-state index is 0.0237. The van der Waals surface area contributed by atoms with Gasteiger partial charge in [-0.2, -0.15) is 0 Å². The number of ether oxygens (including phenoxy) is 1. The lowest BCUT2D eigenvalue weighted by Crippen LogP contribution is -2.42. The van der Waals surface area contributed by atoms with Crippen molar-refractivity contribution in [2.24, 2.45) is 0 Å². The molecular formula is C26H23F2N3O2. The molecule has 0 aromatic heterocycles. The van der Waals surface area contributed by atoms with E-state index >= 15 is 0 Å². The highest BCUT2D eigenvalue weighted by molar-refractivity contribution is 6.11. The van der Waals surface area contributed by atoms with E-state index in [0.29, 0.717) is 18.2 Å². The molecule has 168 valence electrons. The van der Waals surface area contributed by atoms with Gasteiger partial charge in [0.1, 0.15) is 17.8 Å². The van der Waals surface area contributed by atoms with Gasteiger partial charge in [0.25, 0.3) is 0 Å². The SMILES string of the molecule is O=C1N(Cc2ccc(NC3CCNC3)cc2)c2ccccc2C12COc1cc(F)c(F)cc12. The van der Waals surface area contributed by atoms with Gasteiger partial charge >= 0.3 is 0 Å². The molecule has 3 aliphatic rings. The van der Waals surface area contributed by atoms with E-state index in [4.69, 9.17) is 4.74 Å². The number of benzene rings is 3. The van der Waals surface area contributed by atoms with Crippen LogP contribution in [0.25, 0.3) is 0 Å². The number of rotatable bonds is 4. The second kappa shape index (κ2) is 7.56. The van der Waals surface area contributed by atoms with Crippen LogP contribution < -0.4 is 20.3 Å². The predicted molar refractivity (Wildman–Crippen MR) is 122 cm³/mol. The lowest BCUT2D eigenvalue weighted by Gasteiger charge is -2.23. The molecule has 33 heavy (non-hydrogen) atoms. The Balaban J connectivity index is 1.33. The van der Waals surface area contributed by atoms with Gasteiger partial charge < -0.3 is 20.3 Å². The molecule has 0 bridgehead atoms. The fourth-order valence-corrected chi connectivity index (χ4v) is 5.23. The molecule has 1 amide bonds. The van der Waals surface area contributed by atoms with E-state index in [1.165, 1.54) is 0 Å². The van der Waals surface area contributed by atoms with Crippen LogP contribution in [-0.2, 0) is 16.8 Å². The van der Waals surface area contributed by atoms with Crippen LogP contribution in [0.2, 0.25) is 0 Å². The normalized spacial score (nSPS) is 23.0. The Morgan fingerprint density at radius 1 is 1.06 bits per heavy atom. The number of anilines is 2. The van der Waals surface area contributed by atoms with Crippen molar-refractivity contribution in [1.82, 2.24) is 5.32 Å². The van der Waals surface area contributed by atoms with Gasteiger partial charge in [0, 0.05) is 35.6 Å². The van der Waals surface area contributed by atoms with Crippen molar-refractivity contribution < 1.29 is 18.3 Å². The highest BCUT2D eigenvalue weighted by Crippen LogP contribution is 2.52. The maximum atomic E-state index is 14.2. The Hall–Kier alpha value is -3.45. The van der Waals surface area contributed by atoms with Crippen LogP contribution in [0.5, 0.6) is 5.75 Å². The van der Waals surface area contributed by atoms with Gasteiger partial charge in [-0.05, 0) is 48.4 Å². The maximum absolute atomic E-state index is 14.2. The second-order valence-corrected chi connectivity index (χ2v) is 8.90. The van der Waals surface area contributed by atoms with E-state index in [-0.39, 0.29) is 18.3 Å². The molecule has 3 heterocycles. The number of carbonyl (C=O) groups excluding carboxylic acids is 1. The van der Waals surface area contributed by atoms with Gasteiger partial charge in [-0.3, -0.25) is 4.79 Å². The number of hydrogen-bond acceptors (Lipinski definition) is 4. The third-order valence-corrected chi connectivity index (χ3v) is 6.92. The zero-order valence-corrected chi connectivity index (χ0v) is 17.9. The molecule has 3 aromatic carbocycles. The Morgan fingerprint density at radius 3 is 2.64 bits per heavy atom. The molecule has 1 saturated heterocycles. The summed E-state index contributed by atoms with van der Waals surface area (Å²) in [7, 11) is 0. The van der Waals surface area contributed by atoms with Crippen molar-refractivity contribution in [3.63, 3.8) is 0 Å². The lowest BCUT2D eigenvalue weighted by molar-refractivity contribution is -0.122. The number of hydrogen-bond donors (Lipinski definition) is 2. The second-order valence-electron chi connectivity index (χ2n) is 8.90. The first-order valence-electron chi connectivity index (χ1n) is 11.2. The third-order valence-electron chi connectivity index (χ3n) is 6.92. The van der Waals surface area contributed by atoms with E-state index in [1.807, 2.05) is 48.5 Å². The molecule has 6 rings (SSSR count). The minimum Gasteiger partial charge on any atom is -0.491 e. The molecule has 2 unspecified atom stereocenters. The van der Waals surface area contributed by atoms with Crippen molar-refractivity contribution in [2.75, 3.05) is 29.9 Å². The number of para-hydroxylation sites is 1. The lowest BCUT2D eigenvalue weighted by atomic mass is 9.77. The summed E-state index contributed by atoms with van der Waals surface area (Å²) in [5.74, 6) is -1.94. The summed E-state index contributed by atoms with van der Waals surface area (Å²) in [6.07, 6.45) is 1.09. The summed E-state index contributed by atoms with van der Waals surface area (Å²) in [6.45, 7) is 2.38. The van der Waals surface area contributed by atoms with E-state index < -0.39 is 17.0 Å². The molecule has 5 nitrogen and oxygen atoms in total. The molecule has 0 aliphatic carbocycles. The Kier molecular flexibility index (Phi) is 4.62. The molecule has 1 fully saturated rings. The average molecular weight is 447 g/mol. The van der Waals surface area contributed by atoms with Crippen LogP contribution in [0.4, 0.5) is 20.2 Å². The molecule has 0 radical (unpaired) electrons. The Morgan fingerprint density at radius 2 is 1.85 bits per heavy atom. The van der Waals surface area contributed by atoms with Crippen molar-refractivity contribution >= 4 is 17.3 Å². The van der Waals surface area contributed by atoms with Gasteiger partial charge in [-0.1, -0.05) is 30.3 Å². The molecule has 3 aromatic rings. The number of halogens is 2. The number of amides is 1. The van der Waals surface area contributed by atoms with Crippen molar-refractivity contribution in [3.8, 4) is 5.75 Å². The number of nitrogens with one attached hydrogen (secondary N) is 2. The van der Waals surface area contributed by atoms with Gasteiger partial charge in [0.15, 0.2) is 11.6 Å². The summed E-state index contributed by atoms with van der Waals surface area (Å²) in [4.78, 5) is 15.6. The summed E-state index contributed by atoms with van der Waals surface area (Å²) in [6, 6.07) is 18.1. The molecule has 0 saturated carbocycles. The van der Waals surface area contributed by atoms with Gasteiger partial charge in [0.05, 0.1) is 6.54 Å². The topological polar surface area (TPSA) is 53.6 Å². The minimum atomic E-state index is -1.17. The average Bonchev–Trinajstić information content (AvgIpc) is 3.52. The van der Waals surface area contributed by atoms with Crippen LogP contribution in [0, 0.1) is 11.6 Å². The van der Waals surface area contributed by atoms with Crippen molar-refractivity contribution in [1.29, 1.82) is 0 Å². The van der Waals surface area contributed by atoms with Crippen molar-refractivity contribution in [2.45, 2.75) is 24.4 Å². The van der Waals surface area contributed by atoms with Gasteiger partial charge in [0.2, 0.25) is 5.91 Å². The van der Waals surface area contributed by atoms with E-state index in [2.05, 4.69) is 10.6 Å². The summed E-state index contributed by atoms with van der Waals surface area (Å²) in [5.41, 5.74) is 2.76. The number of nitrogens with zero attached hydrogens (tertiary/aromatic N) is 1. The standard InChI is InChI=1S/C26H23F2N3O2/c27-21-11-20-24(12-22(21)28)33-15-26(20)19-3-1-2-4-23(19)31(25(26)32)14-16-5-7-17(8-6-16)30-18-9-10-29-13-18/h1-8,11-12,18,29-30H,9-10,13-15H2. The summed E-state index contributed by atoms with van der Waals surface area (Å²) >= 11 is 0. The Labute approximate surface area is 190 Å². The first-order valence-corrected chi connectivity index (χ1v) is 11.2. The molecule has 3 aliphatic heterocycles.